The second-order valence-corrected chi connectivity index (χ2v) is 10.9. The van der Waals surface area contributed by atoms with Gasteiger partial charge in [0.2, 0.25) is 5.75 Å². The first-order chi connectivity index (χ1) is 17.1. The van der Waals surface area contributed by atoms with E-state index in [0.29, 0.717) is 22.4 Å². The zero-order chi connectivity index (χ0) is 24.2. The first kappa shape index (κ1) is 24.2. The van der Waals surface area contributed by atoms with E-state index < -0.39 is 0 Å². The first-order valence-electron chi connectivity index (χ1n) is 12.3. The number of hydrogen-bond donors (Lipinski definition) is 0. The molecular formula is C27H31ClN4O2S. The molecule has 2 heterocycles. The van der Waals surface area contributed by atoms with E-state index >= 15 is 0 Å². The van der Waals surface area contributed by atoms with Crippen LogP contribution >= 0.6 is 23.5 Å². The Kier molecular flexibility index (Phi) is 7.66. The standard InChI is InChI=1S/C27H31ClN4O2S/c1-20-10-11-24(16-20)34-26-25(18-29-32(27(26)33)23-9-5-8-22(28)17-23)30-12-14-31(15-13-30)35-19-21-6-3-2-4-7-21/h2-9,17-18,20,24H,10-16,19H2,1H3. The third-order valence-corrected chi connectivity index (χ3v) is 8.16. The molecule has 8 heteroatoms. The molecule has 0 radical (unpaired) electrons. The van der Waals surface area contributed by atoms with E-state index in [4.69, 9.17) is 16.3 Å². The minimum Gasteiger partial charge on any atom is -0.483 e. The second kappa shape index (κ2) is 11.1. The molecule has 2 aliphatic rings. The number of halogens is 1. The third-order valence-electron chi connectivity index (χ3n) is 6.73. The van der Waals surface area contributed by atoms with Crippen LogP contribution in [-0.4, -0.2) is 46.4 Å². The van der Waals surface area contributed by atoms with Crippen molar-refractivity contribution in [3.8, 4) is 11.4 Å². The molecule has 0 bridgehead atoms. The Labute approximate surface area is 216 Å². The maximum Gasteiger partial charge on any atom is 0.316 e. The van der Waals surface area contributed by atoms with Crippen LogP contribution in [0.4, 0.5) is 5.69 Å². The quantitative estimate of drug-likeness (QED) is 0.395. The second-order valence-electron chi connectivity index (χ2n) is 9.39. The normalized spacial score (nSPS) is 20.8. The minimum absolute atomic E-state index is 0.0642. The average molecular weight is 511 g/mol. The van der Waals surface area contributed by atoms with Gasteiger partial charge in [-0.1, -0.05) is 66.9 Å². The van der Waals surface area contributed by atoms with Crippen molar-refractivity contribution in [3.63, 3.8) is 0 Å². The van der Waals surface area contributed by atoms with Crippen molar-refractivity contribution in [2.24, 2.45) is 5.92 Å². The molecule has 2 atom stereocenters. The number of benzene rings is 2. The Morgan fingerprint density at radius 1 is 1.06 bits per heavy atom. The number of nitrogens with zero attached hydrogens (tertiary/aromatic N) is 4. The molecule has 1 aliphatic carbocycles. The molecule has 6 nitrogen and oxygen atoms in total. The largest absolute Gasteiger partial charge is 0.483 e. The van der Waals surface area contributed by atoms with Crippen LogP contribution in [0, 0.1) is 5.92 Å². The fourth-order valence-corrected chi connectivity index (χ4v) is 5.91. The van der Waals surface area contributed by atoms with Crippen LogP contribution in [0.2, 0.25) is 5.02 Å². The molecule has 35 heavy (non-hydrogen) atoms. The van der Waals surface area contributed by atoms with Crippen LogP contribution in [0.15, 0.2) is 65.6 Å². The fourth-order valence-electron chi connectivity index (χ4n) is 4.78. The van der Waals surface area contributed by atoms with E-state index in [0.717, 1.165) is 56.9 Å². The van der Waals surface area contributed by atoms with E-state index in [-0.39, 0.29) is 11.7 Å². The van der Waals surface area contributed by atoms with Crippen molar-refractivity contribution in [2.45, 2.75) is 38.0 Å². The molecule has 0 N–H and O–H groups in total. The van der Waals surface area contributed by atoms with Crippen LogP contribution < -0.4 is 15.2 Å². The van der Waals surface area contributed by atoms with E-state index in [9.17, 15) is 4.79 Å². The highest BCUT2D eigenvalue weighted by molar-refractivity contribution is 7.96. The molecule has 0 spiro atoms. The monoisotopic (exact) mass is 510 g/mol. The topological polar surface area (TPSA) is 50.6 Å². The van der Waals surface area contributed by atoms with Crippen molar-refractivity contribution in [1.82, 2.24) is 14.1 Å². The van der Waals surface area contributed by atoms with Crippen molar-refractivity contribution < 1.29 is 4.74 Å². The molecule has 1 aliphatic heterocycles. The van der Waals surface area contributed by atoms with Crippen LogP contribution in [0.25, 0.3) is 5.69 Å². The van der Waals surface area contributed by atoms with Crippen LogP contribution in [-0.2, 0) is 5.75 Å². The summed E-state index contributed by atoms with van der Waals surface area (Å²) in [7, 11) is 0. The molecule has 2 fully saturated rings. The summed E-state index contributed by atoms with van der Waals surface area (Å²) < 4.78 is 10.2. The van der Waals surface area contributed by atoms with Gasteiger partial charge in [-0.25, -0.2) is 4.31 Å². The summed E-state index contributed by atoms with van der Waals surface area (Å²) in [6, 6.07) is 17.7. The zero-order valence-electron chi connectivity index (χ0n) is 20.0. The summed E-state index contributed by atoms with van der Waals surface area (Å²) >= 11 is 8.05. The summed E-state index contributed by atoms with van der Waals surface area (Å²) in [5.74, 6) is 1.99. The third kappa shape index (κ3) is 5.85. The lowest BCUT2D eigenvalue weighted by atomic mass is 10.1. The van der Waals surface area contributed by atoms with Crippen molar-refractivity contribution in [1.29, 1.82) is 0 Å². The Morgan fingerprint density at radius 2 is 1.86 bits per heavy atom. The van der Waals surface area contributed by atoms with Crippen molar-refractivity contribution in [3.05, 3.63) is 81.7 Å². The van der Waals surface area contributed by atoms with Gasteiger partial charge in [0, 0.05) is 37.0 Å². The predicted octanol–water partition coefficient (Wildman–Crippen LogP) is 5.42. The van der Waals surface area contributed by atoms with Crippen LogP contribution in [0.1, 0.15) is 31.7 Å². The van der Waals surface area contributed by atoms with Gasteiger partial charge in [0.25, 0.3) is 0 Å². The molecule has 3 aromatic rings. The summed E-state index contributed by atoms with van der Waals surface area (Å²) in [6.07, 6.45) is 4.92. The molecule has 1 saturated heterocycles. The number of hydrogen-bond acceptors (Lipinski definition) is 6. The number of anilines is 1. The smallest absolute Gasteiger partial charge is 0.316 e. The van der Waals surface area contributed by atoms with Crippen LogP contribution in [0.3, 0.4) is 0 Å². The molecule has 1 saturated carbocycles. The summed E-state index contributed by atoms with van der Waals surface area (Å²) in [5, 5.41) is 5.08. The van der Waals surface area contributed by atoms with E-state index in [1.807, 2.05) is 30.1 Å². The first-order valence-corrected chi connectivity index (χ1v) is 13.6. The highest BCUT2D eigenvalue weighted by atomic mass is 35.5. The molecular weight excluding hydrogens is 480 g/mol. The van der Waals surface area contributed by atoms with Gasteiger partial charge in [0.1, 0.15) is 5.69 Å². The van der Waals surface area contributed by atoms with Gasteiger partial charge in [0.15, 0.2) is 0 Å². The van der Waals surface area contributed by atoms with E-state index in [2.05, 4.69) is 45.5 Å². The zero-order valence-corrected chi connectivity index (χ0v) is 21.5. The van der Waals surface area contributed by atoms with Gasteiger partial charge in [-0.3, -0.25) is 4.79 Å². The van der Waals surface area contributed by atoms with Crippen molar-refractivity contribution >= 4 is 29.2 Å². The van der Waals surface area contributed by atoms with Gasteiger partial charge in [-0.05, 0) is 48.9 Å². The Bertz CT molecular complexity index is 1200. The number of rotatable bonds is 7. The molecule has 5 rings (SSSR count). The molecule has 184 valence electrons. The highest BCUT2D eigenvalue weighted by Crippen LogP contribution is 2.33. The predicted molar refractivity (Wildman–Crippen MR) is 144 cm³/mol. The molecule has 2 aromatic carbocycles. The summed E-state index contributed by atoms with van der Waals surface area (Å²) in [4.78, 5) is 15.9. The summed E-state index contributed by atoms with van der Waals surface area (Å²) in [6.45, 7) is 5.71. The van der Waals surface area contributed by atoms with Crippen LogP contribution in [0.5, 0.6) is 5.75 Å². The van der Waals surface area contributed by atoms with Crippen molar-refractivity contribution in [2.75, 3.05) is 31.1 Å². The Balaban J connectivity index is 1.35. The Hall–Kier alpha value is -2.48. The number of aromatic nitrogens is 2. The van der Waals surface area contributed by atoms with E-state index in [1.54, 1.807) is 18.3 Å². The number of piperazine rings is 1. The van der Waals surface area contributed by atoms with Gasteiger partial charge in [-0.15, -0.1) is 0 Å². The van der Waals surface area contributed by atoms with Gasteiger partial charge >= 0.3 is 5.56 Å². The Morgan fingerprint density at radius 3 is 2.57 bits per heavy atom. The SMILES string of the molecule is CC1CCC(Oc2c(N3CCN(SCc4ccccc4)CC3)cnn(-c3cccc(Cl)c3)c2=O)C1. The highest BCUT2D eigenvalue weighted by Gasteiger charge is 2.28. The minimum atomic E-state index is -0.231. The fraction of sp³-hybridized carbons (Fsp3) is 0.407. The summed E-state index contributed by atoms with van der Waals surface area (Å²) in [5.41, 5.74) is 2.53. The molecule has 0 amide bonds. The molecule has 1 aromatic heterocycles. The molecule has 2 unspecified atom stereocenters. The van der Waals surface area contributed by atoms with Gasteiger partial charge in [-0.2, -0.15) is 9.78 Å². The lowest BCUT2D eigenvalue weighted by molar-refractivity contribution is 0.201. The van der Waals surface area contributed by atoms with Gasteiger partial charge in [0.05, 0.1) is 18.0 Å². The van der Waals surface area contributed by atoms with Gasteiger partial charge < -0.3 is 9.64 Å². The number of ether oxygens (including phenoxy) is 1. The average Bonchev–Trinajstić information content (AvgIpc) is 3.29. The lowest BCUT2D eigenvalue weighted by Gasteiger charge is -2.36. The maximum absolute atomic E-state index is 13.6. The lowest BCUT2D eigenvalue weighted by Crippen LogP contribution is -2.44. The maximum atomic E-state index is 13.6. The van der Waals surface area contributed by atoms with E-state index in [1.165, 1.54) is 10.2 Å².